The number of carbonyl (C=O) groups excluding carboxylic acids is 1. The summed E-state index contributed by atoms with van der Waals surface area (Å²) in [7, 11) is -2.19. The van der Waals surface area contributed by atoms with Crippen molar-refractivity contribution in [3.63, 3.8) is 0 Å². The Bertz CT molecular complexity index is 632. The summed E-state index contributed by atoms with van der Waals surface area (Å²) in [5.41, 5.74) is -1.19. The van der Waals surface area contributed by atoms with Gasteiger partial charge in [0.05, 0.1) is 18.0 Å². The predicted octanol–water partition coefficient (Wildman–Crippen LogP) is 0.866. The molecule has 0 unspecified atom stereocenters. The van der Waals surface area contributed by atoms with Gasteiger partial charge in [-0.05, 0) is 31.2 Å². The van der Waals surface area contributed by atoms with E-state index in [2.05, 4.69) is 5.32 Å². The van der Waals surface area contributed by atoms with Gasteiger partial charge in [-0.1, -0.05) is 11.6 Å². The first-order chi connectivity index (χ1) is 9.79. The Labute approximate surface area is 129 Å². The maximum Gasteiger partial charge on any atom is 0.253 e. The fourth-order valence-electron chi connectivity index (χ4n) is 2.20. The van der Waals surface area contributed by atoms with E-state index >= 15 is 0 Å². The minimum atomic E-state index is -3.68. The van der Waals surface area contributed by atoms with Gasteiger partial charge in [-0.25, -0.2) is 8.42 Å². The standard InChI is InChI=1S/C13H17ClN2O4S/c1-13(12(17)15-2)9-16(7-8-20-13)21(18,19)11-5-3-10(14)4-6-11/h3-6H,7-9H2,1-2H3,(H,15,17)/t13-/m0/s1. The highest BCUT2D eigenvalue weighted by molar-refractivity contribution is 7.89. The molecule has 6 nitrogen and oxygen atoms in total. The number of likely N-dealkylation sites (N-methyl/N-ethyl adjacent to an activating group) is 1. The van der Waals surface area contributed by atoms with Crippen LogP contribution in [0.15, 0.2) is 29.2 Å². The molecule has 0 aliphatic carbocycles. The van der Waals surface area contributed by atoms with Crippen LogP contribution in [0.3, 0.4) is 0 Å². The summed E-state index contributed by atoms with van der Waals surface area (Å²) in [6.45, 7) is 1.92. The van der Waals surface area contributed by atoms with Gasteiger partial charge in [0.25, 0.3) is 5.91 Å². The van der Waals surface area contributed by atoms with Gasteiger partial charge >= 0.3 is 0 Å². The number of hydrogen-bond acceptors (Lipinski definition) is 4. The normalized spacial score (nSPS) is 23.8. The maximum atomic E-state index is 12.6. The number of halogens is 1. The molecule has 1 atom stereocenters. The van der Waals surface area contributed by atoms with Crippen molar-refractivity contribution in [1.29, 1.82) is 0 Å². The number of sulfonamides is 1. The van der Waals surface area contributed by atoms with E-state index in [9.17, 15) is 13.2 Å². The van der Waals surface area contributed by atoms with Gasteiger partial charge in [0.15, 0.2) is 5.60 Å². The van der Waals surface area contributed by atoms with Gasteiger partial charge in [0.1, 0.15) is 0 Å². The van der Waals surface area contributed by atoms with Crippen molar-refractivity contribution >= 4 is 27.5 Å². The van der Waals surface area contributed by atoms with E-state index < -0.39 is 15.6 Å². The molecule has 1 aromatic rings. The smallest absolute Gasteiger partial charge is 0.253 e. The topological polar surface area (TPSA) is 75.7 Å². The molecule has 0 saturated carbocycles. The summed E-state index contributed by atoms with van der Waals surface area (Å²) in [5, 5.41) is 2.96. The lowest BCUT2D eigenvalue weighted by molar-refractivity contribution is -0.151. The third kappa shape index (κ3) is 3.21. The molecule has 0 radical (unpaired) electrons. The average Bonchev–Trinajstić information content (AvgIpc) is 2.47. The van der Waals surface area contributed by atoms with Crippen molar-refractivity contribution in [2.45, 2.75) is 17.4 Å². The van der Waals surface area contributed by atoms with E-state index in [0.717, 1.165) is 0 Å². The Hall–Kier alpha value is -1.15. The zero-order valence-electron chi connectivity index (χ0n) is 11.8. The molecule has 1 aliphatic rings. The first kappa shape index (κ1) is 16.2. The van der Waals surface area contributed by atoms with Crippen LogP contribution >= 0.6 is 11.6 Å². The van der Waals surface area contributed by atoms with E-state index in [4.69, 9.17) is 16.3 Å². The minimum absolute atomic E-state index is 0.0301. The van der Waals surface area contributed by atoms with Crippen LogP contribution < -0.4 is 5.32 Å². The van der Waals surface area contributed by atoms with Crippen LogP contribution in [0.1, 0.15) is 6.92 Å². The van der Waals surface area contributed by atoms with E-state index in [1.54, 1.807) is 6.92 Å². The number of nitrogens with zero attached hydrogens (tertiary/aromatic N) is 1. The summed E-state index contributed by atoms with van der Waals surface area (Å²) in [5.74, 6) is -0.349. The molecule has 2 rings (SSSR count). The summed E-state index contributed by atoms with van der Waals surface area (Å²) < 4.78 is 31.9. The van der Waals surface area contributed by atoms with Gasteiger partial charge in [0, 0.05) is 18.6 Å². The molecule has 0 spiro atoms. The van der Waals surface area contributed by atoms with Crippen LogP contribution in [0.25, 0.3) is 0 Å². The molecule has 1 aromatic carbocycles. The van der Waals surface area contributed by atoms with E-state index in [1.165, 1.54) is 35.6 Å². The lowest BCUT2D eigenvalue weighted by Crippen LogP contribution is -2.58. The minimum Gasteiger partial charge on any atom is -0.363 e. The van der Waals surface area contributed by atoms with E-state index in [1.807, 2.05) is 0 Å². The number of morpholine rings is 1. The monoisotopic (exact) mass is 332 g/mol. The maximum absolute atomic E-state index is 12.6. The molecule has 1 amide bonds. The zero-order valence-corrected chi connectivity index (χ0v) is 13.4. The number of benzene rings is 1. The van der Waals surface area contributed by atoms with Crippen molar-refractivity contribution in [2.24, 2.45) is 0 Å². The largest absolute Gasteiger partial charge is 0.363 e. The fourth-order valence-corrected chi connectivity index (χ4v) is 3.83. The number of nitrogens with one attached hydrogen (secondary N) is 1. The molecule has 0 bridgehead atoms. The van der Waals surface area contributed by atoms with Crippen molar-refractivity contribution in [2.75, 3.05) is 26.7 Å². The van der Waals surface area contributed by atoms with Crippen molar-refractivity contribution < 1.29 is 17.9 Å². The quantitative estimate of drug-likeness (QED) is 0.891. The highest BCUT2D eigenvalue weighted by atomic mass is 35.5. The number of ether oxygens (including phenoxy) is 1. The molecule has 1 heterocycles. The van der Waals surface area contributed by atoms with Crippen LogP contribution in [0, 0.1) is 0 Å². The fraction of sp³-hybridized carbons (Fsp3) is 0.462. The molecule has 0 aromatic heterocycles. The van der Waals surface area contributed by atoms with Crippen LogP contribution in [0.5, 0.6) is 0 Å². The van der Waals surface area contributed by atoms with Crippen molar-refractivity contribution in [1.82, 2.24) is 9.62 Å². The number of hydrogen-bond donors (Lipinski definition) is 1. The van der Waals surface area contributed by atoms with Crippen molar-refractivity contribution in [3.8, 4) is 0 Å². The predicted molar refractivity (Wildman–Crippen MR) is 78.6 cm³/mol. The van der Waals surface area contributed by atoms with E-state index in [0.29, 0.717) is 5.02 Å². The van der Waals surface area contributed by atoms with Crippen LogP contribution in [-0.4, -0.2) is 51.0 Å². The summed E-state index contributed by atoms with van der Waals surface area (Å²) in [4.78, 5) is 12.0. The van der Waals surface area contributed by atoms with Gasteiger partial charge in [-0.15, -0.1) is 0 Å². The molecule has 1 fully saturated rings. The van der Waals surface area contributed by atoms with Gasteiger partial charge in [-0.3, -0.25) is 4.79 Å². The molecule has 1 aliphatic heterocycles. The number of amides is 1. The van der Waals surface area contributed by atoms with Crippen LogP contribution in [-0.2, 0) is 19.6 Å². The Kier molecular flexibility index (Phi) is 4.57. The lowest BCUT2D eigenvalue weighted by atomic mass is 10.0. The van der Waals surface area contributed by atoms with Crippen LogP contribution in [0.4, 0.5) is 0 Å². The van der Waals surface area contributed by atoms with E-state index in [-0.39, 0.29) is 30.5 Å². The lowest BCUT2D eigenvalue weighted by Gasteiger charge is -2.38. The highest BCUT2D eigenvalue weighted by Crippen LogP contribution is 2.25. The first-order valence-electron chi connectivity index (χ1n) is 6.41. The Balaban J connectivity index is 2.28. The summed E-state index contributed by atoms with van der Waals surface area (Å²) >= 11 is 5.77. The summed E-state index contributed by atoms with van der Waals surface area (Å²) in [6, 6.07) is 5.94. The molecule has 21 heavy (non-hydrogen) atoms. The second kappa shape index (κ2) is 5.92. The van der Waals surface area contributed by atoms with Gasteiger partial charge in [-0.2, -0.15) is 4.31 Å². The molecule has 8 heteroatoms. The van der Waals surface area contributed by atoms with Crippen LogP contribution in [0.2, 0.25) is 5.02 Å². The number of carbonyl (C=O) groups is 1. The Morgan fingerprint density at radius 2 is 2.00 bits per heavy atom. The van der Waals surface area contributed by atoms with Crippen molar-refractivity contribution in [3.05, 3.63) is 29.3 Å². The van der Waals surface area contributed by atoms with Gasteiger partial charge in [0.2, 0.25) is 10.0 Å². The molecule has 1 saturated heterocycles. The summed E-state index contributed by atoms with van der Waals surface area (Å²) in [6.07, 6.45) is 0. The molecular formula is C13H17ClN2O4S. The highest BCUT2D eigenvalue weighted by Gasteiger charge is 2.42. The number of rotatable bonds is 3. The Morgan fingerprint density at radius 1 is 1.38 bits per heavy atom. The van der Waals surface area contributed by atoms with Gasteiger partial charge < -0.3 is 10.1 Å². The molecular weight excluding hydrogens is 316 g/mol. The second-order valence-corrected chi connectivity index (χ2v) is 7.33. The third-order valence-corrected chi connectivity index (χ3v) is 5.51. The third-order valence-electron chi connectivity index (χ3n) is 3.40. The molecule has 1 N–H and O–H groups in total. The Morgan fingerprint density at radius 3 is 2.57 bits per heavy atom. The SMILES string of the molecule is CNC(=O)[C@]1(C)CN(S(=O)(=O)c2ccc(Cl)cc2)CCO1. The average molecular weight is 333 g/mol. The molecule has 116 valence electrons. The second-order valence-electron chi connectivity index (χ2n) is 4.95. The first-order valence-corrected chi connectivity index (χ1v) is 8.23. The zero-order chi connectivity index (χ0) is 15.7.